The van der Waals surface area contributed by atoms with Crippen molar-refractivity contribution in [2.24, 2.45) is 5.92 Å². The largest absolute Gasteiger partial charge is 0.332 e. The molecular weight excluding hydrogens is 344 g/mol. The summed E-state index contributed by atoms with van der Waals surface area (Å²) in [6.45, 7) is 6.65. The third-order valence-corrected chi connectivity index (χ3v) is 6.21. The molecule has 0 aliphatic carbocycles. The second-order valence-electron chi connectivity index (χ2n) is 6.50. The van der Waals surface area contributed by atoms with Gasteiger partial charge in [0.2, 0.25) is 5.91 Å². The number of amides is 2. The predicted molar refractivity (Wildman–Crippen MR) is 98.5 cm³/mol. The summed E-state index contributed by atoms with van der Waals surface area (Å²) < 4.78 is 0. The molecule has 132 valence electrons. The summed E-state index contributed by atoms with van der Waals surface area (Å²) in [7, 11) is 0. The normalized spacial score (nSPS) is 19.9. The van der Waals surface area contributed by atoms with Crippen LogP contribution in [-0.2, 0) is 11.3 Å². The molecule has 0 saturated carbocycles. The fraction of sp³-hybridized carbons (Fsp3) is 0.688. The molecule has 6 nitrogen and oxygen atoms in total. The Kier molecular flexibility index (Phi) is 6.13. The number of nitrogens with one attached hydrogen (secondary N) is 1. The van der Waals surface area contributed by atoms with Crippen molar-refractivity contribution >= 4 is 39.4 Å². The topological polar surface area (TPSA) is 65.5 Å². The monoisotopic (exact) mass is 368 g/mol. The first kappa shape index (κ1) is 17.7. The van der Waals surface area contributed by atoms with E-state index in [4.69, 9.17) is 0 Å². The van der Waals surface area contributed by atoms with Gasteiger partial charge in [-0.3, -0.25) is 14.5 Å². The van der Waals surface area contributed by atoms with Crippen LogP contribution in [0, 0.1) is 5.92 Å². The molecule has 24 heavy (non-hydrogen) atoms. The number of carbonyl (C=O) groups excluding carboxylic acids is 2. The predicted octanol–water partition coefficient (Wildman–Crippen LogP) is 2.87. The Balaban J connectivity index is 1.41. The third-order valence-electron chi connectivity index (χ3n) is 4.51. The lowest BCUT2D eigenvalue weighted by atomic mass is 9.99. The van der Waals surface area contributed by atoms with Gasteiger partial charge in [-0.1, -0.05) is 18.7 Å². The zero-order valence-electron chi connectivity index (χ0n) is 14.0. The zero-order valence-corrected chi connectivity index (χ0v) is 15.6. The van der Waals surface area contributed by atoms with E-state index in [0.29, 0.717) is 18.1 Å². The molecule has 1 aromatic rings. The van der Waals surface area contributed by atoms with E-state index in [1.165, 1.54) is 35.9 Å². The summed E-state index contributed by atoms with van der Waals surface area (Å²) >= 11 is 2.79. The van der Waals surface area contributed by atoms with Crippen LogP contribution in [0.2, 0.25) is 0 Å². The van der Waals surface area contributed by atoms with Crippen molar-refractivity contribution in [2.75, 3.05) is 37.2 Å². The number of nitrogens with zero attached hydrogens (tertiary/aromatic N) is 3. The SMILES string of the molecule is CC1CCN(Cc2csc(NC(=O)CCN3CCSC3=O)n2)CC1. The summed E-state index contributed by atoms with van der Waals surface area (Å²) in [4.78, 5) is 32.2. The molecule has 3 heterocycles. The minimum Gasteiger partial charge on any atom is -0.332 e. The first-order chi connectivity index (χ1) is 11.6. The van der Waals surface area contributed by atoms with Gasteiger partial charge in [0.15, 0.2) is 5.13 Å². The molecule has 2 aliphatic heterocycles. The van der Waals surface area contributed by atoms with E-state index in [9.17, 15) is 9.59 Å². The van der Waals surface area contributed by atoms with Crippen LogP contribution >= 0.6 is 23.1 Å². The third kappa shape index (κ3) is 4.94. The minimum atomic E-state index is -0.0765. The molecule has 2 aliphatic rings. The number of aromatic nitrogens is 1. The molecule has 3 rings (SSSR count). The molecule has 0 bridgehead atoms. The van der Waals surface area contributed by atoms with Crippen molar-refractivity contribution in [3.05, 3.63) is 11.1 Å². The second kappa shape index (κ2) is 8.31. The maximum absolute atomic E-state index is 12.0. The highest BCUT2D eigenvalue weighted by Gasteiger charge is 2.21. The average molecular weight is 369 g/mol. The summed E-state index contributed by atoms with van der Waals surface area (Å²) in [5.41, 5.74) is 1.02. The highest BCUT2D eigenvalue weighted by atomic mass is 32.2. The van der Waals surface area contributed by atoms with Gasteiger partial charge in [-0.25, -0.2) is 4.98 Å². The molecule has 1 N–H and O–H groups in total. The fourth-order valence-corrected chi connectivity index (χ4v) is 4.50. The van der Waals surface area contributed by atoms with Gasteiger partial charge in [0.05, 0.1) is 5.69 Å². The smallest absolute Gasteiger partial charge is 0.281 e. The number of carbonyl (C=O) groups is 2. The highest BCUT2D eigenvalue weighted by Crippen LogP contribution is 2.21. The van der Waals surface area contributed by atoms with Crippen LogP contribution in [0.1, 0.15) is 31.9 Å². The van der Waals surface area contributed by atoms with Gasteiger partial charge in [-0.05, 0) is 31.8 Å². The van der Waals surface area contributed by atoms with E-state index in [0.717, 1.165) is 43.5 Å². The van der Waals surface area contributed by atoms with Gasteiger partial charge in [0, 0.05) is 37.2 Å². The van der Waals surface area contributed by atoms with E-state index >= 15 is 0 Å². The Morgan fingerprint density at radius 2 is 2.17 bits per heavy atom. The molecule has 8 heteroatoms. The molecule has 2 amide bonds. The number of thiazole rings is 1. The van der Waals surface area contributed by atoms with Gasteiger partial charge in [0.1, 0.15) is 0 Å². The van der Waals surface area contributed by atoms with E-state index in [1.54, 1.807) is 4.90 Å². The lowest BCUT2D eigenvalue weighted by Crippen LogP contribution is -2.32. The fourth-order valence-electron chi connectivity index (χ4n) is 2.93. The van der Waals surface area contributed by atoms with Crippen molar-refractivity contribution in [1.82, 2.24) is 14.8 Å². The molecule has 0 aromatic carbocycles. The molecule has 2 saturated heterocycles. The van der Waals surface area contributed by atoms with Crippen molar-refractivity contribution in [2.45, 2.75) is 32.7 Å². The van der Waals surface area contributed by atoms with Gasteiger partial charge in [-0.15, -0.1) is 11.3 Å². The van der Waals surface area contributed by atoms with Gasteiger partial charge in [-0.2, -0.15) is 0 Å². The number of thioether (sulfide) groups is 1. The lowest BCUT2D eigenvalue weighted by Gasteiger charge is -2.29. The van der Waals surface area contributed by atoms with Gasteiger partial charge in [0.25, 0.3) is 5.24 Å². The Bertz CT molecular complexity index is 584. The lowest BCUT2D eigenvalue weighted by molar-refractivity contribution is -0.116. The van der Waals surface area contributed by atoms with Crippen LogP contribution in [0.25, 0.3) is 0 Å². The number of anilines is 1. The number of likely N-dealkylation sites (tertiary alicyclic amines) is 1. The molecule has 0 spiro atoms. The van der Waals surface area contributed by atoms with E-state index < -0.39 is 0 Å². The Labute approximate surface area is 151 Å². The Morgan fingerprint density at radius 1 is 1.38 bits per heavy atom. The molecule has 0 unspecified atom stereocenters. The summed E-state index contributed by atoms with van der Waals surface area (Å²) in [6.07, 6.45) is 2.83. The molecule has 2 fully saturated rings. The summed E-state index contributed by atoms with van der Waals surface area (Å²) in [6, 6.07) is 0. The Hall–Kier alpha value is -1.12. The number of piperidine rings is 1. The standard InChI is InChI=1S/C16H24N4O2S2/c1-12-2-5-19(6-3-12)10-13-11-24-15(17-13)18-14(21)4-7-20-8-9-23-16(20)22/h11-12H,2-10H2,1H3,(H,17,18,21). The number of rotatable bonds is 6. The first-order valence-corrected chi connectivity index (χ1v) is 10.3. The van der Waals surface area contributed by atoms with Crippen LogP contribution in [0.15, 0.2) is 5.38 Å². The van der Waals surface area contributed by atoms with E-state index in [1.807, 2.05) is 5.38 Å². The van der Waals surface area contributed by atoms with Crippen molar-refractivity contribution in [3.8, 4) is 0 Å². The Morgan fingerprint density at radius 3 is 2.88 bits per heavy atom. The maximum Gasteiger partial charge on any atom is 0.281 e. The average Bonchev–Trinajstić information content (AvgIpc) is 3.17. The van der Waals surface area contributed by atoms with Crippen LogP contribution in [0.4, 0.5) is 9.93 Å². The number of hydrogen-bond donors (Lipinski definition) is 1. The molecule has 0 radical (unpaired) electrons. The molecule has 1 aromatic heterocycles. The van der Waals surface area contributed by atoms with Gasteiger partial charge >= 0.3 is 0 Å². The van der Waals surface area contributed by atoms with Crippen LogP contribution < -0.4 is 5.32 Å². The second-order valence-corrected chi connectivity index (χ2v) is 8.41. The number of hydrogen-bond acceptors (Lipinski definition) is 6. The van der Waals surface area contributed by atoms with Crippen LogP contribution in [0.3, 0.4) is 0 Å². The van der Waals surface area contributed by atoms with Crippen molar-refractivity contribution in [1.29, 1.82) is 0 Å². The summed E-state index contributed by atoms with van der Waals surface area (Å²) in [5.74, 6) is 1.57. The van der Waals surface area contributed by atoms with Crippen molar-refractivity contribution < 1.29 is 9.59 Å². The van der Waals surface area contributed by atoms with E-state index in [-0.39, 0.29) is 11.1 Å². The quantitative estimate of drug-likeness (QED) is 0.836. The van der Waals surface area contributed by atoms with Crippen molar-refractivity contribution in [3.63, 3.8) is 0 Å². The van der Waals surface area contributed by atoms with Crippen LogP contribution in [0.5, 0.6) is 0 Å². The zero-order chi connectivity index (χ0) is 16.9. The minimum absolute atomic E-state index is 0.0765. The van der Waals surface area contributed by atoms with E-state index in [2.05, 4.69) is 22.1 Å². The highest BCUT2D eigenvalue weighted by molar-refractivity contribution is 8.13. The first-order valence-electron chi connectivity index (χ1n) is 8.48. The summed E-state index contributed by atoms with van der Waals surface area (Å²) in [5, 5.41) is 5.61. The molecule has 0 atom stereocenters. The van der Waals surface area contributed by atoms with Crippen LogP contribution in [-0.4, -0.2) is 57.9 Å². The molecular formula is C16H24N4O2S2. The maximum atomic E-state index is 12.0. The van der Waals surface area contributed by atoms with Gasteiger partial charge < -0.3 is 10.2 Å².